The molecule has 0 spiro atoms. The Kier molecular flexibility index (Phi) is 7.06. The van der Waals surface area contributed by atoms with Crippen LogP contribution in [0.3, 0.4) is 0 Å². The van der Waals surface area contributed by atoms with Crippen molar-refractivity contribution < 1.29 is 9.59 Å². The summed E-state index contributed by atoms with van der Waals surface area (Å²) in [6.07, 6.45) is 15.9. The van der Waals surface area contributed by atoms with Gasteiger partial charge in [-0.15, -0.1) is 0 Å². The molecule has 1 aromatic rings. The van der Waals surface area contributed by atoms with Crippen LogP contribution in [0.4, 0.5) is 0 Å². The number of likely N-dealkylation sites (N-methyl/N-ethyl adjacent to an activating group) is 1. The Morgan fingerprint density at radius 2 is 1.97 bits per heavy atom. The van der Waals surface area contributed by atoms with Crippen LogP contribution in [0, 0.1) is 17.2 Å². The Balaban J connectivity index is 1.40. The SMILES string of the molecule is CN1C(=N)N[C@](CCC2CCCCC2)(C[C@H]2CCC[C@@H](NC(=O)c3ccnnc3)C2)C1=O. The van der Waals surface area contributed by atoms with Crippen LogP contribution in [0.5, 0.6) is 0 Å². The molecule has 3 fully saturated rings. The molecule has 3 atom stereocenters. The van der Waals surface area contributed by atoms with E-state index < -0.39 is 5.54 Å². The number of amides is 2. The summed E-state index contributed by atoms with van der Waals surface area (Å²) in [6, 6.07) is 1.77. The molecular formula is C24H36N6O2. The lowest BCUT2D eigenvalue weighted by Crippen LogP contribution is -2.50. The minimum Gasteiger partial charge on any atom is -0.349 e. The van der Waals surface area contributed by atoms with Crippen molar-refractivity contribution in [1.29, 1.82) is 5.41 Å². The average Bonchev–Trinajstić information content (AvgIpc) is 3.03. The van der Waals surface area contributed by atoms with Crippen molar-refractivity contribution in [2.45, 2.75) is 88.6 Å². The normalized spacial score (nSPS) is 29.1. The summed E-state index contributed by atoms with van der Waals surface area (Å²) < 4.78 is 0. The predicted molar refractivity (Wildman–Crippen MR) is 122 cm³/mol. The second kappa shape index (κ2) is 9.96. The highest BCUT2D eigenvalue weighted by Crippen LogP contribution is 2.38. The van der Waals surface area contributed by atoms with E-state index in [1.165, 1.54) is 49.4 Å². The molecule has 32 heavy (non-hydrogen) atoms. The third-order valence-electron chi connectivity index (χ3n) is 7.71. The van der Waals surface area contributed by atoms with Gasteiger partial charge in [-0.2, -0.15) is 10.2 Å². The molecule has 2 heterocycles. The van der Waals surface area contributed by atoms with E-state index in [9.17, 15) is 9.59 Å². The molecule has 0 unspecified atom stereocenters. The van der Waals surface area contributed by atoms with E-state index in [4.69, 9.17) is 5.41 Å². The summed E-state index contributed by atoms with van der Waals surface area (Å²) in [5, 5.41) is 22.2. The monoisotopic (exact) mass is 440 g/mol. The highest BCUT2D eigenvalue weighted by Gasteiger charge is 2.49. The fraction of sp³-hybridized carbons (Fsp3) is 0.708. The summed E-state index contributed by atoms with van der Waals surface area (Å²) in [5.41, 5.74) is -0.150. The Morgan fingerprint density at radius 3 is 2.66 bits per heavy atom. The van der Waals surface area contributed by atoms with Gasteiger partial charge in [0, 0.05) is 13.1 Å². The number of carbonyl (C=O) groups is 2. The van der Waals surface area contributed by atoms with E-state index in [1.807, 2.05) is 0 Å². The van der Waals surface area contributed by atoms with E-state index in [0.717, 1.165) is 44.9 Å². The first-order chi connectivity index (χ1) is 15.5. The first-order valence-electron chi connectivity index (χ1n) is 12.2. The fourth-order valence-electron chi connectivity index (χ4n) is 5.92. The Morgan fingerprint density at radius 1 is 1.19 bits per heavy atom. The van der Waals surface area contributed by atoms with Gasteiger partial charge >= 0.3 is 0 Å². The van der Waals surface area contributed by atoms with Gasteiger partial charge in [-0.1, -0.05) is 44.9 Å². The molecule has 3 N–H and O–H groups in total. The first kappa shape index (κ1) is 22.7. The lowest BCUT2D eigenvalue weighted by atomic mass is 9.74. The highest BCUT2D eigenvalue weighted by molar-refractivity contribution is 6.07. The highest BCUT2D eigenvalue weighted by atomic mass is 16.2. The van der Waals surface area contributed by atoms with Gasteiger partial charge in [0.15, 0.2) is 5.96 Å². The average molecular weight is 441 g/mol. The van der Waals surface area contributed by atoms with Crippen LogP contribution in [-0.4, -0.2) is 51.5 Å². The Hall–Kier alpha value is -2.51. The van der Waals surface area contributed by atoms with Crippen molar-refractivity contribution in [1.82, 2.24) is 25.7 Å². The summed E-state index contributed by atoms with van der Waals surface area (Å²) in [7, 11) is 1.70. The molecule has 1 saturated heterocycles. The summed E-state index contributed by atoms with van der Waals surface area (Å²) in [5.74, 6) is 1.17. The third-order valence-corrected chi connectivity index (χ3v) is 7.71. The van der Waals surface area contributed by atoms with Crippen LogP contribution >= 0.6 is 0 Å². The molecule has 1 aromatic heterocycles. The van der Waals surface area contributed by atoms with Gasteiger partial charge in [0.1, 0.15) is 5.54 Å². The largest absolute Gasteiger partial charge is 0.349 e. The minimum absolute atomic E-state index is 0.0346. The number of nitrogens with one attached hydrogen (secondary N) is 3. The lowest BCUT2D eigenvalue weighted by molar-refractivity contribution is -0.131. The van der Waals surface area contributed by atoms with Crippen LogP contribution in [0.2, 0.25) is 0 Å². The zero-order valence-electron chi connectivity index (χ0n) is 19.1. The predicted octanol–water partition coefficient (Wildman–Crippen LogP) is 3.25. The molecule has 2 amide bonds. The molecule has 8 nitrogen and oxygen atoms in total. The molecule has 2 saturated carbocycles. The standard InChI is InChI=1S/C24H36N6O2/c1-30-22(32)24(29-23(30)25,12-10-17-6-3-2-4-7-17)15-18-8-5-9-20(14-18)28-21(31)19-11-13-26-27-16-19/h11,13,16-18,20H,2-10,12,14-15H2,1H3,(H2,25,29)(H,28,31)/t18-,20+,24+/m0/s1. The van der Waals surface area contributed by atoms with E-state index in [2.05, 4.69) is 20.8 Å². The molecule has 0 aromatic carbocycles. The second-order valence-corrected chi connectivity index (χ2v) is 10.0. The summed E-state index contributed by atoms with van der Waals surface area (Å²) in [6.45, 7) is 0. The molecule has 0 radical (unpaired) electrons. The topological polar surface area (TPSA) is 111 Å². The summed E-state index contributed by atoms with van der Waals surface area (Å²) >= 11 is 0. The molecule has 4 rings (SSSR count). The number of nitrogens with zero attached hydrogens (tertiary/aromatic N) is 3. The molecule has 2 aliphatic carbocycles. The van der Waals surface area contributed by atoms with Crippen molar-refractivity contribution in [3.05, 3.63) is 24.0 Å². The fourth-order valence-corrected chi connectivity index (χ4v) is 5.92. The van der Waals surface area contributed by atoms with Crippen LogP contribution in [0.1, 0.15) is 87.4 Å². The Labute approximate surface area is 190 Å². The number of aromatic nitrogens is 2. The van der Waals surface area contributed by atoms with Crippen molar-refractivity contribution >= 4 is 17.8 Å². The first-order valence-corrected chi connectivity index (χ1v) is 12.2. The van der Waals surface area contributed by atoms with Crippen molar-refractivity contribution in [3.63, 3.8) is 0 Å². The van der Waals surface area contributed by atoms with Crippen molar-refractivity contribution in [2.75, 3.05) is 7.05 Å². The van der Waals surface area contributed by atoms with Gasteiger partial charge in [0.05, 0.1) is 18.0 Å². The number of hydrogen-bond donors (Lipinski definition) is 3. The molecule has 8 heteroatoms. The van der Waals surface area contributed by atoms with Gasteiger partial charge in [0.2, 0.25) is 0 Å². The number of rotatable bonds is 7. The van der Waals surface area contributed by atoms with Crippen LogP contribution in [-0.2, 0) is 4.79 Å². The maximum absolute atomic E-state index is 13.3. The second-order valence-electron chi connectivity index (χ2n) is 10.0. The maximum Gasteiger partial charge on any atom is 0.254 e. The van der Waals surface area contributed by atoms with Gasteiger partial charge in [-0.3, -0.25) is 19.9 Å². The quantitative estimate of drug-likeness (QED) is 0.603. The summed E-state index contributed by atoms with van der Waals surface area (Å²) in [4.78, 5) is 27.3. The zero-order valence-corrected chi connectivity index (χ0v) is 19.1. The van der Waals surface area contributed by atoms with Gasteiger partial charge in [-0.05, 0) is 50.0 Å². The molecule has 0 bridgehead atoms. The van der Waals surface area contributed by atoms with E-state index in [-0.39, 0.29) is 23.8 Å². The van der Waals surface area contributed by atoms with E-state index in [0.29, 0.717) is 17.4 Å². The lowest BCUT2D eigenvalue weighted by Gasteiger charge is -2.36. The molecule has 174 valence electrons. The van der Waals surface area contributed by atoms with Crippen LogP contribution in [0.25, 0.3) is 0 Å². The maximum atomic E-state index is 13.3. The molecule has 3 aliphatic rings. The smallest absolute Gasteiger partial charge is 0.254 e. The zero-order chi connectivity index (χ0) is 22.6. The van der Waals surface area contributed by atoms with Gasteiger partial charge < -0.3 is 10.6 Å². The van der Waals surface area contributed by atoms with Gasteiger partial charge in [0.25, 0.3) is 11.8 Å². The van der Waals surface area contributed by atoms with E-state index >= 15 is 0 Å². The van der Waals surface area contributed by atoms with Crippen LogP contribution < -0.4 is 10.6 Å². The van der Waals surface area contributed by atoms with Crippen molar-refractivity contribution in [3.8, 4) is 0 Å². The molecular weight excluding hydrogens is 404 g/mol. The Bertz CT molecular complexity index is 825. The minimum atomic E-state index is -0.672. The molecule has 1 aliphatic heterocycles. The van der Waals surface area contributed by atoms with Gasteiger partial charge in [-0.25, -0.2) is 0 Å². The number of guanidine groups is 1. The van der Waals surface area contributed by atoms with Crippen LogP contribution in [0.15, 0.2) is 18.5 Å². The number of carbonyl (C=O) groups excluding carboxylic acids is 2. The third kappa shape index (κ3) is 5.10. The van der Waals surface area contributed by atoms with Crippen molar-refractivity contribution in [2.24, 2.45) is 11.8 Å². The number of hydrogen-bond acceptors (Lipinski definition) is 5. The van der Waals surface area contributed by atoms with E-state index in [1.54, 1.807) is 13.1 Å².